The summed E-state index contributed by atoms with van der Waals surface area (Å²) < 4.78 is 22.8. The molecule has 0 unspecified atom stereocenters. The van der Waals surface area contributed by atoms with Crippen molar-refractivity contribution in [3.63, 3.8) is 0 Å². The van der Waals surface area contributed by atoms with Crippen molar-refractivity contribution >= 4 is 15.7 Å². The van der Waals surface area contributed by atoms with Crippen molar-refractivity contribution in [3.05, 3.63) is 64.1 Å². The summed E-state index contributed by atoms with van der Waals surface area (Å²) in [7, 11) is -3.25. The summed E-state index contributed by atoms with van der Waals surface area (Å²) in [5, 5.41) is 2.70. The average molecular weight is 320 g/mol. The fraction of sp³-hybridized carbons (Fsp3) is 0.200. The Balaban J connectivity index is 2.16. The molecule has 1 heterocycles. The van der Waals surface area contributed by atoms with Gasteiger partial charge < -0.3 is 10.3 Å². The maximum atomic E-state index is 12.0. The van der Waals surface area contributed by atoms with Crippen LogP contribution in [-0.4, -0.2) is 25.6 Å². The highest BCUT2D eigenvalue weighted by atomic mass is 32.2. The lowest BCUT2D eigenvalue weighted by Gasteiger charge is -2.14. The Labute approximate surface area is 128 Å². The van der Waals surface area contributed by atoms with E-state index in [1.54, 1.807) is 25.1 Å². The topological polar surface area (TPSA) is 96.1 Å². The smallest absolute Gasteiger partial charge is 0.260 e. The van der Waals surface area contributed by atoms with Crippen molar-refractivity contribution in [1.82, 2.24) is 10.3 Å². The molecule has 2 N–H and O–H groups in total. The Hall–Kier alpha value is -2.41. The summed E-state index contributed by atoms with van der Waals surface area (Å²) in [6.07, 6.45) is 2.58. The molecule has 1 atom stereocenters. The zero-order chi connectivity index (χ0) is 16.3. The van der Waals surface area contributed by atoms with Gasteiger partial charge in [-0.15, -0.1) is 0 Å². The molecule has 0 spiro atoms. The number of carbonyl (C=O) groups is 1. The van der Waals surface area contributed by atoms with Gasteiger partial charge in [0.25, 0.3) is 11.5 Å². The zero-order valence-electron chi connectivity index (χ0n) is 12.2. The highest BCUT2D eigenvalue weighted by molar-refractivity contribution is 7.90. The SMILES string of the molecule is C[C@@H](NC(=O)c1ccc[nH]c1=O)c1ccc(S(C)(=O)=O)cc1. The monoisotopic (exact) mass is 320 g/mol. The van der Waals surface area contributed by atoms with Crippen LogP contribution in [0.1, 0.15) is 28.9 Å². The van der Waals surface area contributed by atoms with Crippen LogP contribution in [0.15, 0.2) is 52.3 Å². The molecular formula is C15H16N2O4S. The van der Waals surface area contributed by atoms with E-state index >= 15 is 0 Å². The highest BCUT2D eigenvalue weighted by Crippen LogP contribution is 2.16. The number of nitrogens with one attached hydrogen (secondary N) is 2. The molecule has 7 heteroatoms. The van der Waals surface area contributed by atoms with Gasteiger partial charge in [-0.2, -0.15) is 0 Å². The molecule has 22 heavy (non-hydrogen) atoms. The number of aromatic amines is 1. The van der Waals surface area contributed by atoms with Crippen LogP contribution < -0.4 is 10.9 Å². The standard InChI is InChI=1S/C15H16N2O4S/c1-10(11-5-7-12(8-6-11)22(2,20)21)17-15(19)13-4-3-9-16-14(13)18/h3-10H,1-2H3,(H,16,18)(H,17,19)/t10-/m1/s1. The van der Waals surface area contributed by atoms with Gasteiger partial charge in [-0.3, -0.25) is 9.59 Å². The Bertz CT molecular complexity index is 838. The third-order valence-corrected chi connectivity index (χ3v) is 4.35. The molecule has 0 radical (unpaired) electrons. The van der Waals surface area contributed by atoms with E-state index in [4.69, 9.17) is 0 Å². The number of carbonyl (C=O) groups excluding carboxylic acids is 1. The molecule has 1 aromatic heterocycles. The van der Waals surface area contributed by atoms with E-state index in [0.29, 0.717) is 0 Å². The number of amides is 1. The van der Waals surface area contributed by atoms with Crippen molar-refractivity contribution in [2.75, 3.05) is 6.26 Å². The van der Waals surface area contributed by atoms with Crippen LogP contribution in [0.4, 0.5) is 0 Å². The molecule has 2 rings (SSSR count). The third-order valence-electron chi connectivity index (χ3n) is 3.22. The molecule has 0 bridgehead atoms. The first kappa shape index (κ1) is 16.0. The highest BCUT2D eigenvalue weighted by Gasteiger charge is 2.14. The Morgan fingerprint density at radius 1 is 1.18 bits per heavy atom. The number of rotatable bonds is 4. The van der Waals surface area contributed by atoms with Gasteiger partial charge in [0.15, 0.2) is 9.84 Å². The summed E-state index contributed by atoms with van der Waals surface area (Å²) in [4.78, 5) is 26.3. The van der Waals surface area contributed by atoms with E-state index in [1.165, 1.54) is 24.4 Å². The number of hydrogen-bond donors (Lipinski definition) is 2. The van der Waals surface area contributed by atoms with Gasteiger partial charge >= 0.3 is 0 Å². The second-order valence-electron chi connectivity index (χ2n) is 4.95. The second-order valence-corrected chi connectivity index (χ2v) is 6.97. The number of benzene rings is 1. The minimum absolute atomic E-state index is 0.0297. The van der Waals surface area contributed by atoms with Crippen molar-refractivity contribution in [2.24, 2.45) is 0 Å². The molecular weight excluding hydrogens is 304 g/mol. The number of pyridine rings is 1. The van der Waals surface area contributed by atoms with Crippen molar-refractivity contribution in [2.45, 2.75) is 17.9 Å². The molecule has 1 aromatic carbocycles. The van der Waals surface area contributed by atoms with E-state index in [9.17, 15) is 18.0 Å². The third kappa shape index (κ3) is 3.62. The predicted octanol–water partition coefficient (Wildman–Crippen LogP) is 1.27. The van der Waals surface area contributed by atoms with Crippen LogP contribution in [0.25, 0.3) is 0 Å². The van der Waals surface area contributed by atoms with Gasteiger partial charge in [0, 0.05) is 12.5 Å². The molecule has 116 valence electrons. The number of H-pyrrole nitrogens is 1. The Morgan fingerprint density at radius 2 is 1.82 bits per heavy atom. The van der Waals surface area contributed by atoms with E-state index in [-0.39, 0.29) is 16.5 Å². The van der Waals surface area contributed by atoms with Crippen molar-refractivity contribution in [1.29, 1.82) is 0 Å². The van der Waals surface area contributed by atoms with Crippen LogP contribution in [0.5, 0.6) is 0 Å². The molecule has 2 aromatic rings. The summed E-state index contributed by atoms with van der Waals surface area (Å²) in [6.45, 7) is 1.75. The molecule has 0 aliphatic rings. The molecule has 0 aliphatic carbocycles. The summed E-state index contributed by atoms with van der Waals surface area (Å²) >= 11 is 0. The fourth-order valence-electron chi connectivity index (χ4n) is 1.96. The van der Waals surface area contributed by atoms with Gasteiger partial charge in [0.1, 0.15) is 5.56 Å². The normalized spacial score (nSPS) is 12.6. The minimum Gasteiger partial charge on any atom is -0.345 e. The maximum absolute atomic E-state index is 12.0. The molecule has 1 amide bonds. The van der Waals surface area contributed by atoms with Gasteiger partial charge in [-0.1, -0.05) is 12.1 Å². The quantitative estimate of drug-likeness (QED) is 0.886. The van der Waals surface area contributed by atoms with Crippen LogP contribution in [-0.2, 0) is 9.84 Å². The molecule has 6 nitrogen and oxygen atoms in total. The lowest BCUT2D eigenvalue weighted by atomic mass is 10.1. The first-order valence-corrected chi connectivity index (χ1v) is 8.47. The molecule has 0 saturated heterocycles. The fourth-order valence-corrected chi connectivity index (χ4v) is 2.59. The largest absolute Gasteiger partial charge is 0.345 e. The number of sulfone groups is 1. The van der Waals surface area contributed by atoms with Gasteiger partial charge in [0.05, 0.1) is 10.9 Å². The molecule has 0 fully saturated rings. The number of hydrogen-bond acceptors (Lipinski definition) is 4. The van der Waals surface area contributed by atoms with Crippen molar-refractivity contribution in [3.8, 4) is 0 Å². The second kappa shape index (κ2) is 6.15. The van der Waals surface area contributed by atoms with Gasteiger partial charge in [0.2, 0.25) is 0 Å². The Morgan fingerprint density at radius 3 is 2.36 bits per heavy atom. The maximum Gasteiger partial charge on any atom is 0.260 e. The summed E-state index contributed by atoms with van der Waals surface area (Å²) in [5.74, 6) is -0.485. The lowest BCUT2D eigenvalue weighted by molar-refractivity contribution is 0.0938. The van der Waals surface area contributed by atoms with Crippen LogP contribution in [0, 0.1) is 0 Å². The first-order valence-electron chi connectivity index (χ1n) is 6.57. The Kier molecular flexibility index (Phi) is 4.46. The van der Waals surface area contributed by atoms with Gasteiger partial charge in [-0.25, -0.2) is 8.42 Å². The summed E-state index contributed by atoms with van der Waals surface area (Å²) in [5.41, 5.74) is 0.315. The zero-order valence-corrected chi connectivity index (χ0v) is 13.0. The van der Waals surface area contributed by atoms with Crippen LogP contribution in [0.2, 0.25) is 0 Å². The van der Waals surface area contributed by atoms with Crippen LogP contribution >= 0.6 is 0 Å². The van der Waals surface area contributed by atoms with E-state index in [1.807, 2.05) is 0 Å². The minimum atomic E-state index is -3.25. The number of aromatic nitrogens is 1. The average Bonchev–Trinajstić information content (AvgIpc) is 2.46. The van der Waals surface area contributed by atoms with Gasteiger partial charge in [-0.05, 0) is 36.8 Å². The first-order chi connectivity index (χ1) is 10.3. The molecule has 0 aliphatic heterocycles. The predicted molar refractivity (Wildman–Crippen MR) is 82.5 cm³/mol. The van der Waals surface area contributed by atoms with Crippen LogP contribution in [0.3, 0.4) is 0 Å². The van der Waals surface area contributed by atoms with E-state index in [0.717, 1.165) is 11.8 Å². The lowest BCUT2D eigenvalue weighted by Crippen LogP contribution is -2.31. The van der Waals surface area contributed by atoms with E-state index in [2.05, 4.69) is 10.3 Å². The van der Waals surface area contributed by atoms with E-state index < -0.39 is 21.3 Å². The molecule has 0 saturated carbocycles. The summed E-state index contributed by atoms with van der Waals surface area (Å²) in [6, 6.07) is 8.90. The van der Waals surface area contributed by atoms with Crippen molar-refractivity contribution < 1.29 is 13.2 Å².